The average molecular weight is 330 g/mol. The van der Waals surface area contributed by atoms with E-state index < -0.39 is 6.10 Å². The summed E-state index contributed by atoms with van der Waals surface area (Å²) < 4.78 is 5.70. The highest BCUT2D eigenvalue weighted by molar-refractivity contribution is 7.09. The van der Waals surface area contributed by atoms with Gasteiger partial charge in [0.25, 0.3) is 5.91 Å². The lowest BCUT2D eigenvalue weighted by Gasteiger charge is -2.27. The van der Waals surface area contributed by atoms with Gasteiger partial charge in [-0.3, -0.25) is 9.59 Å². The molecule has 5 nitrogen and oxygen atoms in total. The second kappa shape index (κ2) is 6.42. The fourth-order valence-corrected chi connectivity index (χ4v) is 3.19. The topological polar surface area (TPSA) is 58.6 Å². The van der Waals surface area contributed by atoms with Crippen molar-refractivity contribution >= 4 is 28.8 Å². The molecule has 2 amide bonds. The van der Waals surface area contributed by atoms with Gasteiger partial charge in [-0.1, -0.05) is 12.1 Å². The molecule has 1 aliphatic rings. The molecule has 2 aromatic rings. The molecule has 1 aliphatic heterocycles. The zero-order chi connectivity index (χ0) is 16.4. The van der Waals surface area contributed by atoms with Crippen molar-refractivity contribution in [1.29, 1.82) is 0 Å². The zero-order valence-corrected chi connectivity index (χ0v) is 13.9. The Balaban J connectivity index is 1.64. The third kappa shape index (κ3) is 3.53. The monoisotopic (exact) mass is 330 g/mol. The van der Waals surface area contributed by atoms with E-state index in [0.717, 1.165) is 10.4 Å². The molecule has 0 fully saturated rings. The summed E-state index contributed by atoms with van der Waals surface area (Å²) in [5, 5.41) is 4.78. The van der Waals surface area contributed by atoms with Crippen LogP contribution in [0.15, 0.2) is 35.7 Å². The lowest BCUT2D eigenvalue weighted by atomic mass is 10.1. The van der Waals surface area contributed by atoms with Gasteiger partial charge in [-0.15, -0.1) is 11.3 Å². The predicted molar refractivity (Wildman–Crippen MR) is 89.6 cm³/mol. The first-order valence-electron chi connectivity index (χ1n) is 7.37. The SMILES string of the molecule is Cc1ccc2c(c1)NC(=O)C(CC(=O)N(C)Cc1cccs1)O2. The van der Waals surface area contributed by atoms with Crippen LogP contribution in [0, 0.1) is 6.92 Å². The molecule has 0 saturated heterocycles. The number of fused-ring (bicyclic) bond motifs is 1. The Morgan fingerprint density at radius 1 is 1.39 bits per heavy atom. The van der Waals surface area contributed by atoms with Gasteiger partial charge < -0.3 is 15.0 Å². The highest BCUT2D eigenvalue weighted by Crippen LogP contribution is 2.31. The largest absolute Gasteiger partial charge is 0.478 e. The third-order valence-corrected chi connectivity index (χ3v) is 4.57. The molecular formula is C17H18N2O3S. The van der Waals surface area contributed by atoms with Gasteiger partial charge in [0.2, 0.25) is 5.91 Å². The minimum absolute atomic E-state index is 0.0288. The van der Waals surface area contributed by atoms with Crippen molar-refractivity contribution in [3.8, 4) is 5.75 Å². The van der Waals surface area contributed by atoms with Crippen molar-refractivity contribution < 1.29 is 14.3 Å². The van der Waals surface area contributed by atoms with Crippen LogP contribution >= 0.6 is 11.3 Å². The zero-order valence-electron chi connectivity index (χ0n) is 13.0. The Morgan fingerprint density at radius 3 is 2.96 bits per heavy atom. The maximum atomic E-state index is 12.3. The molecule has 3 rings (SSSR count). The van der Waals surface area contributed by atoms with E-state index in [0.29, 0.717) is 18.0 Å². The third-order valence-electron chi connectivity index (χ3n) is 3.71. The van der Waals surface area contributed by atoms with E-state index in [1.807, 2.05) is 42.6 Å². The normalized spacial score (nSPS) is 16.3. The number of aryl methyl sites for hydroxylation is 1. The summed E-state index contributed by atoms with van der Waals surface area (Å²) in [6.07, 6.45) is -0.760. The number of rotatable bonds is 4. The Morgan fingerprint density at radius 2 is 2.22 bits per heavy atom. The summed E-state index contributed by atoms with van der Waals surface area (Å²) in [6.45, 7) is 2.49. The van der Waals surface area contributed by atoms with Crippen LogP contribution in [0.25, 0.3) is 0 Å². The summed E-state index contributed by atoms with van der Waals surface area (Å²) in [7, 11) is 1.74. The molecule has 23 heavy (non-hydrogen) atoms. The quantitative estimate of drug-likeness (QED) is 0.938. The number of carbonyl (C=O) groups is 2. The summed E-state index contributed by atoms with van der Waals surface area (Å²) in [5.74, 6) is 0.212. The van der Waals surface area contributed by atoms with Gasteiger partial charge >= 0.3 is 0 Å². The molecular weight excluding hydrogens is 312 g/mol. The minimum Gasteiger partial charge on any atom is -0.478 e. The molecule has 0 radical (unpaired) electrons. The molecule has 0 bridgehead atoms. The minimum atomic E-state index is -0.788. The Hall–Kier alpha value is -2.34. The molecule has 0 saturated carbocycles. The second-order valence-corrected chi connectivity index (χ2v) is 6.66. The molecule has 1 atom stereocenters. The molecule has 6 heteroatoms. The second-order valence-electron chi connectivity index (χ2n) is 5.63. The van der Waals surface area contributed by atoms with Crippen LogP contribution in [0.1, 0.15) is 16.9 Å². The lowest BCUT2D eigenvalue weighted by molar-refractivity contribution is -0.136. The molecule has 2 heterocycles. The van der Waals surface area contributed by atoms with Crippen LogP contribution in [-0.4, -0.2) is 29.9 Å². The van der Waals surface area contributed by atoms with Crippen molar-refractivity contribution in [3.63, 3.8) is 0 Å². The van der Waals surface area contributed by atoms with E-state index >= 15 is 0 Å². The Labute approximate surface area is 138 Å². The Kier molecular flexibility index (Phi) is 4.34. The molecule has 120 valence electrons. The number of thiophene rings is 1. The molecule has 1 aromatic carbocycles. The van der Waals surface area contributed by atoms with Gasteiger partial charge in [-0.2, -0.15) is 0 Å². The first-order valence-corrected chi connectivity index (χ1v) is 8.25. The number of carbonyl (C=O) groups excluding carboxylic acids is 2. The van der Waals surface area contributed by atoms with Gasteiger partial charge in [-0.25, -0.2) is 0 Å². The van der Waals surface area contributed by atoms with Crippen molar-refractivity contribution in [1.82, 2.24) is 4.90 Å². The fraction of sp³-hybridized carbons (Fsp3) is 0.294. The van der Waals surface area contributed by atoms with E-state index in [1.165, 1.54) is 0 Å². The number of anilines is 1. The van der Waals surface area contributed by atoms with Crippen LogP contribution < -0.4 is 10.1 Å². The van der Waals surface area contributed by atoms with Crippen LogP contribution in [0.5, 0.6) is 5.75 Å². The smallest absolute Gasteiger partial charge is 0.266 e. The van der Waals surface area contributed by atoms with Crippen LogP contribution in [0.3, 0.4) is 0 Å². The van der Waals surface area contributed by atoms with Crippen molar-refractivity contribution in [2.24, 2.45) is 0 Å². The van der Waals surface area contributed by atoms with E-state index in [-0.39, 0.29) is 18.2 Å². The molecule has 1 N–H and O–H groups in total. The highest BCUT2D eigenvalue weighted by atomic mass is 32.1. The van der Waals surface area contributed by atoms with Gasteiger partial charge in [-0.05, 0) is 36.1 Å². The summed E-state index contributed by atoms with van der Waals surface area (Å²) in [6, 6.07) is 9.52. The van der Waals surface area contributed by atoms with Gasteiger partial charge in [0, 0.05) is 11.9 Å². The molecule has 0 aliphatic carbocycles. The predicted octanol–water partition coefficient (Wildman–Crippen LogP) is 2.80. The average Bonchev–Trinajstić information content (AvgIpc) is 3.01. The van der Waals surface area contributed by atoms with E-state index in [2.05, 4.69) is 5.32 Å². The maximum absolute atomic E-state index is 12.3. The number of benzene rings is 1. The number of nitrogens with zero attached hydrogens (tertiary/aromatic N) is 1. The molecule has 1 unspecified atom stereocenters. The van der Waals surface area contributed by atoms with Gasteiger partial charge in [0.05, 0.1) is 18.7 Å². The van der Waals surface area contributed by atoms with E-state index in [1.54, 1.807) is 23.3 Å². The standard InChI is InChI=1S/C17H18N2O3S/c1-11-5-6-14-13(8-11)18-17(21)15(22-14)9-16(20)19(2)10-12-4-3-7-23-12/h3-8,15H,9-10H2,1-2H3,(H,18,21). The molecule has 0 spiro atoms. The lowest BCUT2D eigenvalue weighted by Crippen LogP contribution is -2.41. The van der Waals surface area contributed by atoms with Crippen LogP contribution in [0.4, 0.5) is 5.69 Å². The molecule has 1 aromatic heterocycles. The van der Waals surface area contributed by atoms with Crippen LogP contribution in [0.2, 0.25) is 0 Å². The van der Waals surface area contributed by atoms with Crippen LogP contribution in [-0.2, 0) is 16.1 Å². The summed E-state index contributed by atoms with van der Waals surface area (Å²) >= 11 is 1.60. The summed E-state index contributed by atoms with van der Waals surface area (Å²) in [5.41, 5.74) is 1.70. The van der Waals surface area contributed by atoms with E-state index in [4.69, 9.17) is 4.74 Å². The summed E-state index contributed by atoms with van der Waals surface area (Å²) in [4.78, 5) is 27.2. The number of ether oxygens (including phenoxy) is 1. The number of hydrogen-bond donors (Lipinski definition) is 1. The van der Waals surface area contributed by atoms with E-state index in [9.17, 15) is 9.59 Å². The first kappa shape index (κ1) is 15.6. The Bertz CT molecular complexity index is 727. The number of hydrogen-bond acceptors (Lipinski definition) is 4. The van der Waals surface area contributed by atoms with Crippen molar-refractivity contribution in [2.75, 3.05) is 12.4 Å². The van der Waals surface area contributed by atoms with Gasteiger partial charge in [0.1, 0.15) is 5.75 Å². The number of amides is 2. The van der Waals surface area contributed by atoms with Crippen molar-refractivity contribution in [2.45, 2.75) is 26.0 Å². The van der Waals surface area contributed by atoms with Crippen molar-refractivity contribution in [3.05, 3.63) is 46.2 Å². The maximum Gasteiger partial charge on any atom is 0.266 e. The number of nitrogens with one attached hydrogen (secondary N) is 1. The highest BCUT2D eigenvalue weighted by Gasteiger charge is 2.30. The van der Waals surface area contributed by atoms with Gasteiger partial charge in [0.15, 0.2) is 6.10 Å². The fourth-order valence-electron chi connectivity index (χ4n) is 2.44. The first-order chi connectivity index (χ1) is 11.0.